The maximum atomic E-state index is 13.5. The molecule has 0 aliphatic carbocycles. The number of fused-ring (bicyclic) bond motifs is 1. The number of hydrogen-bond donors (Lipinski definition) is 0. The average Bonchev–Trinajstić information content (AvgIpc) is 3.30. The molecule has 0 saturated carbocycles. The van der Waals surface area contributed by atoms with Crippen molar-refractivity contribution < 1.29 is 9.53 Å². The van der Waals surface area contributed by atoms with Crippen LogP contribution < -0.4 is 4.74 Å². The van der Waals surface area contributed by atoms with Crippen LogP contribution in [0.15, 0.2) is 137 Å². The van der Waals surface area contributed by atoms with E-state index in [1.54, 1.807) is 4.90 Å². The molecule has 0 radical (unpaired) electrons. The molecule has 5 aromatic rings. The first-order valence-electron chi connectivity index (χ1n) is 13.3. The van der Waals surface area contributed by atoms with Gasteiger partial charge in [-0.15, -0.1) is 0 Å². The third kappa shape index (κ3) is 6.00. The fourth-order valence-corrected chi connectivity index (χ4v) is 5.64. The van der Waals surface area contributed by atoms with Gasteiger partial charge in [-0.2, -0.15) is 0 Å². The Morgan fingerprint density at radius 3 is 2.17 bits per heavy atom. The van der Waals surface area contributed by atoms with E-state index in [2.05, 4.69) is 36.4 Å². The van der Waals surface area contributed by atoms with E-state index in [-0.39, 0.29) is 5.91 Å². The second-order valence-electron chi connectivity index (χ2n) is 9.57. The lowest BCUT2D eigenvalue weighted by molar-refractivity contribution is -0.122. The van der Waals surface area contributed by atoms with Crippen molar-refractivity contribution in [1.29, 1.82) is 0 Å². The molecule has 1 aliphatic rings. The van der Waals surface area contributed by atoms with Crippen LogP contribution in [0.3, 0.4) is 0 Å². The van der Waals surface area contributed by atoms with E-state index in [1.165, 1.54) is 22.5 Å². The highest BCUT2D eigenvalue weighted by atomic mass is 32.2. The number of nitrogens with zero attached hydrogens (tertiary/aromatic N) is 2. The topological polar surface area (TPSA) is 41.9 Å². The molecule has 1 amide bonds. The van der Waals surface area contributed by atoms with Crippen LogP contribution in [0.2, 0.25) is 0 Å². The molecule has 1 heterocycles. The van der Waals surface area contributed by atoms with Crippen molar-refractivity contribution in [2.45, 2.75) is 19.7 Å². The standard InChI is InChI=1S/C35H28N2O2S/c38-34-33(40-35(36-23-27-10-3-1-4-11-27)37(34)24-28-12-5-2-6-13-28)22-26-18-20-31(21-19-26)39-25-30-16-9-15-29-14-7-8-17-32(29)30/h1-22H,23-25H2. The maximum absolute atomic E-state index is 13.5. The van der Waals surface area contributed by atoms with Gasteiger partial charge < -0.3 is 4.74 Å². The normalized spacial score (nSPS) is 15.3. The van der Waals surface area contributed by atoms with Gasteiger partial charge in [-0.25, -0.2) is 0 Å². The number of rotatable bonds is 8. The Morgan fingerprint density at radius 1 is 0.725 bits per heavy atom. The Labute approximate surface area is 238 Å². The molecule has 0 aromatic heterocycles. The first-order chi connectivity index (χ1) is 19.7. The largest absolute Gasteiger partial charge is 0.489 e. The van der Waals surface area contributed by atoms with Crippen molar-refractivity contribution in [1.82, 2.24) is 4.90 Å². The fourth-order valence-electron chi connectivity index (χ4n) is 4.66. The van der Waals surface area contributed by atoms with E-state index < -0.39 is 0 Å². The van der Waals surface area contributed by atoms with Crippen molar-refractivity contribution in [2.75, 3.05) is 0 Å². The van der Waals surface area contributed by atoms with Crippen LogP contribution in [0.5, 0.6) is 5.75 Å². The molecule has 196 valence electrons. The zero-order valence-corrected chi connectivity index (χ0v) is 22.8. The molecule has 5 heteroatoms. The summed E-state index contributed by atoms with van der Waals surface area (Å²) < 4.78 is 6.10. The summed E-state index contributed by atoms with van der Waals surface area (Å²) in [6, 6.07) is 42.6. The van der Waals surface area contributed by atoms with E-state index in [1.807, 2.05) is 97.1 Å². The van der Waals surface area contributed by atoms with Gasteiger partial charge in [0, 0.05) is 0 Å². The summed E-state index contributed by atoms with van der Waals surface area (Å²) in [6.45, 7) is 1.50. The molecule has 1 aliphatic heterocycles. The minimum absolute atomic E-state index is 0.0306. The number of amidine groups is 1. The van der Waals surface area contributed by atoms with Crippen LogP contribution in [0, 0.1) is 0 Å². The highest BCUT2D eigenvalue weighted by Crippen LogP contribution is 2.34. The van der Waals surface area contributed by atoms with Gasteiger partial charge in [0.2, 0.25) is 0 Å². The predicted molar refractivity (Wildman–Crippen MR) is 165 cm³/mol. The van der Waals surface area contributed by atoms with Gasteiger partial charge >= 0.3 is 0 Å². The molecule has 0 unspecified atom stereocenters. The Kier molecular flexibility index (Phi) is 7.73. The molecule has 6 rings (SSSR count). The third-order valence-corrected chi connectivity index (χ3v) is 7.81. The summed E-state index contributed by atoms with van der Waals surface area (Å²) in [5.41, 5.74) is 4.27. The van der Waals surface area contributed by atoms with Crippen molar-refractivity contribution in [3.8, 4) is 5.75 Å². The molecule has 1 fully saturated rings. The Bertz CT molecular complexity index is 1670. The van der Waals surface area contributed by atoms with Crippen LogP contribution in [0.1, 0.15) is 22.3 Å². The van der Waals surface area contributed by atoms with Gasteiger partial charge in [0.15, 0.2) is 5.17 Å². The van der Waals surface area contributed by atoms with Gasteiger partial charge in [-0.1, -0.05) is 115 Å². The van der Waals surface area contributed by atoms with Gasteiger partial charge in [0.05, 0.1) is 18.0 Å². The smallest absolute Gasteiger partial charge is 0.267 e. The zero-order valence-electron chi connectivity index (χ0n) is 21.9. The number of benzene rings is 5. The summed E-state index contributed by atoms with van der Waals surface area (Å²) in [7, 11) is 0. The molecule has 0 bridgehead atoms. The maximum Gasteiger partial charge on any atom is 0.267 e. The average molecular weight is 541 g/mol. The van der Waals surface area contributed by atoms with Crippen LogP contribution in [-0.2, 0) is 24.5 Å². The van der Waals surface area contributed by atoms with Crippen LogP contribution in [-0.4, -0.2) is 16.0 Å². The predicted octanol–water partition coefficient (Wildman–Crippen LogP) is 8.09. The van der Waals surface area contributed by atoms with E-state index in [0.29, 0.717) is 24.6 Å². The first kappa shape index (κ1) is 25.7. The van der Waals surface area contributed by atoms with E-state index in [4.69, 9.17) is 9.73 Å². The van der Waals surface area contributed by atoms with Crippen LogP contribution >= 0.6 is 11.8 Å². The number of thioether (sulfide) groups is 1. The molecule has 5 aromatic carbocycles. The Morgan fingerprint density at radius 2 is 1.40 bits per heavy atom. The minimum atomic E-state index is -0.0306. The lowest BCUT2D eigenvalue weighted by Crippen LogP contribution is -2.28. The van der Waals surface area contributed by atoms with Crippen LogP contribution in [0.4, 0.5) is 0 Å². The number of hydrogen-bond acceptors (Lipinski definition) is 4. The van der Waals surface area contributed by atoms with Gasteiger partial charge in [0.25, 0.3) is 5.91 Å². The molecule has 40 heavy (non-hydrogen) atoms. The molecule has 1 saturated heterocycles. The van der Waals surface area contributed by atoms with Crippen molar-refractivity contribution in [3.63, 3.8) is 0 Å². The molecular formula is C35H28N2O2S. The monoisotopic (exact) mass is 540 g/mol. The molecule has 0 N–H and O–H groups in total. The molecular weight excluding hydrogens is 512 g/mol. The van der Waals surface area contributed by atoms with Crippen molar-refractivity contribution >= 4 is 39.7 Å². The van der Waals surface area contributed by atoms with E-state index in [0.717, 1.165) is 33.2 Å². The number of carbonyl (C=O) groups is 1. The highest BCUT2D eigenvalue weighted by molar-refractivity contribution is 8.18. The second kappa shape index (κ2) is 12.1. The zero-order chi connectivity index (χ0) is 27.1. The minimum Gasteiger partial charge on any atom is -0.489 e. The van der Waals surface area contributed by atoms with Crippen LogP contribution in [0.25, 0.3) is 16.8 Å². The Hall–Kier alpha value is -4.61. The lowest BCUT2D eigenvalue weighted by Gasteiger charge is -2.15. The lowest BCUT2D eigenvalue weighted by atomic mass is 10.1. The second-order valence-corrected chi connectivity index (χ2v) is 10.6. The summed E-state index contributed by atoms with van der Waals surface area (Å²) in [6.07, 6.45) is 1.94. The highest BCUT2D eigenvalue weighted by Gasteiger charge is 2.33. The van der Waals surface area contributed by atoms with Gasteiger partial charge in [-0.3, -0.25) is 14.7 Å². The summed E-state index contributed by atoms with van der Waals surface area (Å²) >= 11 is 1.43. The molecule has 0 spiro atoms. The van der Waals surface area contributed by atoms with Gasteiger partial charge in [-0.05, 0) is 63.0 Å². The van der Waals surface area contributed by atoms with E-state index >= 15 is 0 Å². The third-order valence-electron chi connectivity index (χ3n) is 6.76. The number of aliphatic imine (C=N–C) groups is 1. The summed E-state index contributed by atoms with van der Waals surface area (Å²) in [5.74, 6) is 0.758. The summed E-state index contributed by atoms with van der Waals surface area (Å²) in [4.78, 5) is 20.8. The summed E-state index contributed by atoms with van der Waals surface area (Å²) in [5, 5.41) is 3.13. The number of carbonyl (C=O) groups excluding carboxylic acids is 1. The fraction of sp³-hybridized carbons (Fsp3) is 0.0857. The van der Waals surface area contributed by atoms with Crippen molar-refractivity contribution in [2.24, 2.45) is 4.99 Å². The molecule has 0 atom stereocenters. The van der Waals surface area contributed by atoms with Crippen molar-refractivity contribution in [3.05, 3.63) is 155 Å². The molecule has 4 nitrogen and oxygen atoms in total. The SMILES string of the molecule is O=C1C(=Cc2ccc(OCc3cccc4ccccc34)cc2)SC(=NCc2ccccc2)N1Cc1ccccc1. The number of amides is 1. The Balaban J connectivity index is 1.18. The van der Waals surface area contributed by atoms with E-state index in [9.17, 15) is 4.79 Å². The quantitative estimate of drug-likeness (QED) is 0.187. The first-order valence-corrected chi connectivity index (χ1v) is 14.1. The number of ether oxygens (including phenoxy) is 1. The van der Waals surface area contributed by atoms with Gasteiger partial charge in [0.1, 0.15) is 12.4 Å².